The second-order valence-electron chi connectivity index (χ2n) is 6.51. The van der Waals surface area contributed by atoms with Crippen molar-refractivity contribution in [3.63, 3.8) is 0 Å². The van der Waals surface area contributed by atoms with Crippen molar-refractivity contribution in [3.05, 3.63) is 0 Å². The Labute approximate surface area is 159 Å². The van der Waals surface area contributed by atoms with Crippen LogP contribution in [0.3, 0.4) is 0 Å². The first-order chi connectivity index (χ1) is 13.1. The number of methoxy groups -OCH3 is 1. The highest BCUT2D eigenvalue weighted by molar-refractivity contribution is 5.73. The maximum atomic E-state index is 11.4. The van der Waals surface area contributed by atoms with E-state index in [0.717, 1.165) is 14.0 Å². The molecule has 13 nitrogen and oxygen atoms in total. The molecule has 0 bridgehead atoms. The molecule has 0 spiro atoms. The molecule has 7 N–H and O–H groups in total. The number of nitrogens with one attached hydrogen (secondary N) is 1. The summed E-state index contributed by atoms with van der Waals surface area (Å²) >= 11 is 0. The van der Waals surface area contributed by atoms with Gasteiger partial charge in [0.05, 0.1) is 6.61 Å². The number of carboxylic acids is 1. The van der Waals surface area contributed by atoms with Gasteiger partial charge < -0.3 is 54.9 Å². The Morgan fingerprint density at radius 3 is 2.18 bits per heavy atom. The third-order valence-electron chi connectivity index (χ3n) is 4.59. The van der Waals surface area contributed by atoms with Gasteiger partial charge >= 0.3 is 5.97 Å². The topological polar surface area (TPSA) is 204 Å². The molecule has 4 unspecified atom stereocenters. The average molecular weight is 411 g/mol. The van der Waals surface area contributed by atoms with Gasteiger partial charge in [-0.05, 0) is 0 Å². The minimum Gasteiger partial charge on any atom is -0.479 e. The van der Waals surface area contributed by atoms with Crippen LogP contribution >= 0.6 is 0 Å². The van der Waals surface area contributed by atoms with Crippen molar-refractivity contribution in [1.82, 2.24) is 5.32 Å². The Kier molecular flexibility index (Phi) is 7.66. The predicted octanol–water partition coefficient (Wildman–Crippen LogP) is -4.51. The lowest BCUT2D eigenvalue weighted by molar-refractivity contribution is -0.338. The number of amides is 1. The van der Waals surface area contributed by atoms with Gasteiger partial charge in [-0.25, -0.2) is 4.79 Å². The summed E-state index contributed by atoms with van der Waals surface area (Å²) in [5.74, 6) is -2.15. The van der Waals surface area contributed by atoms with Gasteiger partial charge in [0.1, 0.15) is 42.7 Å². The van der Waals surface area contributed by atoms with Gasteiger partial charge in [-0.2, -0.15) is 0 Å². The van der Waals surface area contributed by atoms with Crippen LogP contribution in [0.4, 0.5) is 0 Å². The molecule has 2 fully saturated rings. The highest BCUT2D eigenvalue weighted by Crippen LogP contribution is 2.29. The molecular formula is C15H25NO12. The number of aliphatic hydroxyl groups excluding tert-OH is 5. The van der Waals surface area contributed by atoms with E-state index in [2.05, 4.69) is 5.32 Å². The van der Waals surface area contributed by atoms with E-state index in [0.29, 0.717) is 0 Å². The monoisotopic (exact) mass is 411 g/mol. The molecule has 2 aliphatic rings. The number of hydrogen-bond donors (Lipinski definition) is 7. The van der Waals surface area contributed by atoms with Crippen molar-refractivity contribution >= 4 is 11.9 Å². The summed E-state index contributed by atoms with van der Waals surface area (Å²) in [6.45, 7) is 0.439. The third-order valence-corrected chi connectivity index (χ3v) is 4.59. The van der Waals surface area contributed by atoms with Crippen molar-refractivity contribution in [2.75, 3.05) is 13.7 Å². The Hall–Kier alpha value is -1.42. The molecular weight excluding hydrogens is 386 g/mol. The van der Waals surface area contributed by atoms with Crippen LogP contribution in [0.25, 0.3) is 0 Å². The lowest BCUT2D eigenvalue weighted by Crippen LogP contribution is -2.68. The van der Waals surface area contributed by atoms with E-state index in [-0.39, 0.29) is 0 Å². The molecule has 2 saturated heterocycles. The summed E-state index contributed by atoms with van der Waals surface area (Å²) in [6, 6.07) is -1.33. The zero-order valence-corrected chi connectivity index (χ0v) is 15.1. The van der Waals surface area contributed by atoms with E-state index in [4.69, 9.17) is 18.9 Å². The molecule has 0 saturated carbocycles. The number of hydrogen-bond acceptors (Lipinski definition) is 11. The quantitative estimate of drug-likeness (QED) is 0.221. The molecule has 1 amide bonds. The van der Waals surface area contributed by atoms with Crippen LogP contribution in [0.2, 0.25) is 0 Å². The van der Waals surface area contributed by atoms with Crippen LogP contribution in [0.5, 0.6) is 0 Å². The van der Waals surface area contributed by atoms with Gasteiger partial charge in [0.2, 0.25) is 5.91 Å². The summed E-state index contributed by atoms with van der Waals surface area (Å²) in [5, 5.41) is 61.6. The zero-order chi connectivity index (χ0) is 21.2. The molecule has 2 heterocycles. The number of carboxylic acid groups (broad SMARTS) is 1. The maximum Gasteiger partial charge on any atom is 0.335 e. The van der Waals surface area contributed by atoms with Gasteiger partial charge in [0, 0.05) is 14.0 Å². The minimum absolute atomic E-state index is 0.602. The van der Waals surface area contributed by atoms with E-state index in [1.807, 2.05) is 0 Å². The lowest BCUT2D eigenvalue weighted by Gasteiger charge is -2.46. The van der Waals surface area contributed by atoms with Crippen LogP contribution in [-0.2, 0) is 28.5 Å². The van der Waals surface area contributed by atoms with E-state index < -0.39 is 79.8 Å². The second kappa shape index (κ2) is 9.39. The van der Waals surface area contributed by atoms with E-state index >= 15 is 0 Å². The van der Waals surface area contributed by atoms with Crippen molar-refractivity contribution in [2.45, 2.75) is 68.3 Å². The van der Waals surface area contributed by atoms with Crippen LogP contribution in [-0.4, -0.2) is 118 Å². The molecule has 10 atom stereocenters. The molecule has 0 aromatic heterocycles. The van der Waals surface area contributed by atoms with Crippen LogP contribution < -0.4 is 5.32 Å². The SMILES string of the molecule is CO[C@@H]1C(O)[C@H](O[C@@H]2C(NC(C)=O)[C@H](O)OC(CO)[C@@H]2O)OC(C(=O)O)[C@@H]1O. The smallest absolute Gasteiger partial charge is 0.335 e. The lowest BCUT2D eigenvalue weighted by atomic mass is 9.95. The molecule has 2 aliphatic heterocycles. The predicted molar refractivity (Wildman–Crippen MR) is 85.6 cm³/mol. The van der Waals surface area contributed by atoms with Crippen LogP contribution in [0, 0.1) is 0 Å². The Balaban J connectivity index is 2.28. The Morgan fingerprint density at radius 2 is 1.68 bits per heavy atom. The van der Waals surface area contributed by atoms with Gasteiger partial charge in [-0.15, -0.1) is 0 Å². The van der Waals surface area contributed by atoms with Gasteiger partial charge in [-0.3, -0.25) is 4.79 Å². The highest BCUT2D eigenvalue weighted by Gasteiger charge is 2.52. The summed E-state index contributed by atoms with van der Waals surface area (Å²) in [7, 11) is 1.13. The van der Waals surface area contributed by atoms with Crippen molar-refractivity contribution < 1.29 is 59.2 Å². The fourth-order valence-electron chi connectivity index (χ4n) is 3.22. The standard InChI is InChI=1S/C15H25NO12/c1-4(18)16-6-10(7(19)5(3-17)26-14(6)24)27-15-9(21)11(25-2)8(20)12(28-15)13(22)23/h5-12,14-15,17,19-21,24H,3H2,1-2H3,(H,16,18)(H,22,23)/t5?,6?,7-,8+,9?,10+,11-,12?,14+,15+/m0/s1. The Bertz CT molecular complexity index is 561. The van der Waals surface area contributed by atoms with E-state index in [1.54, 1.807) is 0 Å². The molecule has 28 heavy (non-hydrogen) atoms. The van der Waals surface area contributed by atoms with Gasteiger partial charge in [0.25, 0.3) is 0 Å². The number of carbonyl (C=O) groups is 2. The van der Waals surface area contributed by atoms with E-state index in [9.17, 15) is 40.2 Å². The summed E-state index contributed by atoms with van der Waals surface area (Å²) in [5.41, 5.74) is 0. The molecule has 0 aromatic rings. The average Bonchev–Trinajstić information content (AvgIpc) is 2.62. The molecule has 0 aliphatic carbocycles. The fraction of sp³-hybridized carbons (Fsp3) is 0.867. The number of carbonyl (C=O) groups excluding carboxylic acids is 1. The molecule has 0 radical (unpaired) electrons. The third kappa shape index (κ3) is 4.59. The number of ether oxygens (including phenoxy) is 4. The second-order valence-corrected chi connectivity index (χ2v) is 6.51. The van der Waals surface area contributed by atoms with Crippen LogP contribution in [0.15, 0.2) is 0 Å². The van der Waals surface area contributed by atoms with E-state index in [1.165, 1.54) is 0 Å². The Morgan fingerprint density at radius 1 is 1.04 bits per heavy atom. The first kappa shape index (κ1) is 22.9. The molecule has 13 heteroatoms. The largest absolute Gasteiger partial charge is 0.479 e. The number of rotatable bonds is 6. The maximum absolute atomic E-state index is 11.4. The van der Waals surface area contributed by atoms with Gasteiger partial charge in [0.15, 0.2) is 18.7 Å². The van der Waals surface area contributed by atoms with Crippen molar-refractivity contribution in [3.8, 4) is 0 Å². The highest BCUT2D eigenvalue weighted by atomic mass is 16.7. The molecule has 0 aromatic carbocycles. The minimum atomic E-state index is -1.81. The van der Waals surface area contributed by atoms with Crippen LogP contribution in [0.1, 0.15) is 6.92 Å². The van der Waals surface area contributed by atoms with Gasteiger partial charge in [-0.1, -0.05) is 0 Å². The van der Waals surface area contributed by atoms with Crippen molar-refractivity contribution in [2.24, 2.45) is 0 Å². The summed E-state index contributed by atoms with van der Waals surface area (Å²) in [4.78, 5) is 22.7. The first-order valence-corrected chi connectivity index (χ1v) is 8.44. The fourth-order valence-corrected chi connectivity index (χ4v) is 3.22. The molecule has 2 rings (SSSR count). The number of aliphatic carboxylic acids is 1. The zero-order valence-electron chi connectivity index (χ0n) is 15.1. The number of aliphatic hydroxyl groups is 5. The molecule has 162 valence electrons. The normalized spacial score (nSPS) is 44.1. The first-order valence-electron chi connectivity index (χ1n) is 8.44. The summed E-state index contributed by atoms with van der Waals surface area (Å²) in [6.07, 6.45) is -14.3. The summed E-state index contributed by atoms with van der Waals surface area (Å²) < 4.78 is 20.5. The van der Waals surface area contributed by atoms with Crippen molar-refractivity contribution in [1.29, 1.82) is 0 Å².